The Morgan fingerprint density at radius 2 is 1.00 bits per heavy atom. The molecule has 0 aromatic heterocycles. The van der Waals surface area contributed by atoms with E-state index in [0.29, 0.717) is 34.4 Å². The molecule has 40 nitrogen and oxygen atoms in total. The van der Waals surface area contributed by atoms with Crippen LogP contribution in [0.15, 0.2) is 145 Å². The molecule has 0 unspecified atom stereocenters. The number of carbonyl (C=O) groups is 6. The van der Waals surface area contributed by atoms with Crippen LogP contribution in [0.3, 0.4) is 0 Å². The molecule has 0 fully saturated rings. The van der Waals surface area contributed by atoms with Gasteiger partial charge in [-0.25, -0.2) is 39.7 Å². The molecule has 9 atom stereocenters. The molecular formula is C68H88N15NaO25S. The normalized spacial score (nSPS) is 15.6. The van der Waals surface area contributed by atoms with E-state index in [2.05, 4.69) is 65.8 Å². The number of carboxylic acids is 4. The first-order valence-corrected chi connectivity index (χ1v) is 34.9. The molecule has 0 saturated heterocycles. The van der Waals surface area contributed by atoms with Crippen LogP contribution in [0.4, 0.5) is 22.7 Å². The number of carbonyl (C=O) groups excluding carboxylic acids is 2. The molecule has 4 rings (SSSR count). The fraction of sp³-hybridized carbons (Fsp3) is 0.441. The third-order valence-corrected chi connectivity index (χ3v) is 16.3. The molecule has 0 bridgehead atoms. The summed E-state index contributed by atoms with van der Waals surface area (Å²) in [7, 11) is -0.837. The Labute approximate surface area is 651 Å². The molecule has 0 aliphatic rings. The number of nitrogens with zero attached hydrogens (tertiary/aromatic N) is 12. The summed E-state index contributed by atoms with van der Waals surface area (Å²) >= 11 is 0. The van der Waals surface area contributed by atoms with Crippen molar-refractivity contribution in [2.45, 2.75) is 157 Å². The molecule has 1 amide bonds. The van der Waals surface area contributed by atoms with Crippen molar-refractivity contribution < 1.29 is 153 Å². The molecule has 0 saturated carbocycles. The third-order valence-electron chi connectivity index (χ3n) is 15.4. The predicted molar refractivity (Wildman–Crippen MR) is 399 cm³/mol. The number of hydrogen-bond acceptors (Lipinski definition) is 25. The SMILES string of the molecule is CC[C@H](N=C(O)[C@H](CCC(=O)O)N=C(O)[C@H](CCC(=O)O)N=C(O)[C@H](CC(O)=NCCNc1cccc2c(S(=O)(=O)O)cccc12)N=C(O)[C@H](CCC(=O)O)N=C(O)[C@H](CC(=O)O)N=C(C)[O-])C(=O)O[C@@H](C)C(O)=N[C@@H](CO)C(O)=N[C@@H](CCCCNC(=O)c1ccc(N=Nc2ccc(N(C)C)cc2)cc1)C(=N)O.[Na+]. The van der Waals surface area contributed by atoms with Crippen LogP contribution in [0.5, 0.6) is 0 Å². The summed E-state index contributed by atoms with van der Waals surface area (Å²) in [6, 6.07) is 7.42. The fourth-order valence-electron chi connectivity index (χ4n) is 9.76. The van der Waals surface area contributed by atoms with Crippen LogP contribution < -0.4 is 50.2 Å². The topological polar surface area (TPSA) is 659 Å². The number of aliphatic hydroxyl groups excluding tert-OH is 10. The van der Waals surface area contributed by atoms with E-state index in [0.717, 1.165) is 19.5 Å². The van der Waals surface area contributed by atoms with E-state index in [1.807, 2.05) is 43.3 Å². The Morgan fingerprint density at radius 3 is 1.47 bits per heavy atom. The number of esters is 1. The molecule has 4 aromatic carbocycles. The summed E-state index contributed by atoms with van der Waals surface area (Å²) in [4.78, 5) is 110. The average molecular weight is 1570 g/mol. The zero-order chi connectivity index (χ0) is 81.2. The average Bonchev–Trinajstić information content (AvgIpc) is 0.785. The number of aliphatic imine (C=N–C) groups is 9. The number of aliphatic carboxylic acids is 4. The van der Waals surface area contributed by atoms with Crippen molar-refractivity contribution in [3.8, 4) is 0 Å². The minimum absolute atomic E-state index is 0. The van der Waals surface area contributed by atoms with E-state index in [-0.39, 0.29) is 73.8 Å². The van der Waals surface area contributed by atoms with Gasteiger partial charge in [0.1, 0.15) is 41.1 Å². The van der Waals surface area contributed by atoms with Gasteiger partial charge in [0.15, 0.2) is 24.1 Å². The maximum atomic E-state index is 13.6. The number of benzene rings is 4. The molecule has 592 valence electrons. The molecule has 0 heterocycles. The molecular weight excluding hydrogens is 1480 g/mol. The van der Waals surface area contributed by atoms with Crippen LogP contribution in [0.1, 0.15) is 108 Å². The van der Waals surface area contributed by atoms with Gasteiger partial charge < -0.3 is 96.9 Å². The minimum Gasteiger partial charge on any atom is -0.862 e. The van der Waals surface area contributed by atoms with Gasteiger partial charge in [-0.05, 0) is 125 Å². The van der Waals surface area contributed by atoms with Gasteiger partial charge in [0, 0.05) is 74.2 Å². The molecule has 0 aliphatic carbocycles. The van der Waals surface area contributed by atoms with Gasteiger partial charge >= 0.3 is 59.4 Å². The minimum atomic E-state index is -4.66. The number of unbranched alkanes of at least 4 members (excludes halogenated alkanes) is 1. The number of nitrogens with one attached hydrogen (secondary N) is 3. The number of rotatable bonds is 47. The van der Waals surface area contributed by atoms with Gasteiger partial charge in [0.05, 0.1) is 37.4 Å². The third kappa shape index (κ3) is 32.3. The van der Waals surface area contributed by atoms with Crippen molar-refractivity contribution in [1.29, 1.82) is 5.41 Å². The molecule has 0 spiro atoms. The van der Waals surface area contributed by atoms with Gasteiger partial charge in [-0.2, -0.15) is 18.6 Å². The van der Waals surface area contributed by atoms with E-state index in [1.165, 1.54) is 37.3 Å². The summed E-state index contributed by atoms with van der Waals surface area (Å²) < 4.78 is 39.3. The number of ether oxygens (including phenoxy) is 1. The predicted octanol–water partition coefficient (Wildman–Crippen LogP) is 3.29. The van der Waals surface area contributed by atoms with Gasteiger partial charge in [-0.1, -0.05) is 31.2 Å². The van der Waals surface area contributed by atoms with Crippen LogP contribution in [-0.4, -0.2) is 274 Å². The van der Waals surface area contributed by atoms with Crippen molar-refractivity contribution >= 4 is 138 Å². The van der Waals surface area contributed by atoms with Gasteiger partial charge in [-0.3, -0.25) is 43.9 Å². The number of anilines is 2. The van der Waals surface area contributed by atoms with E-state index < -0.39 is 222 Å². The van der Waals surface area contributed by atoms with Gasteiger partial charge in [0.25, 0.3) is 16.0 Å². The monoisotopic (exact) mass is 1570 g/mol. The molecule has 0 aliphatic heterocycles. The van der Waals surface area contributed by atoms with E-state index in [9.17, 15) is 118 Å². The standard InChI is InChI=1S/C68H89N15O25S.Na/c1-6-44(68(104)108-36(2)60(96)80-52(35-84)67(103)75-46(59(69)95)13-7-8-30-72-61(97)38-16-18-39(19-17-38)81-82-40-20-22-41(23-21-40)83(4)5)74-62(98)47(24-27-55(87)88)76-63(99)48(25-28-56(89)90)77-65(101)50(79-64(100)49(26-29-57(91)92)78-66(102)51(34-58(93)94)73-37(3)85)33-54(86)71-32-31-70-45-14-9-12-43-42(45)11-10-15-53(43)109(105,106)107;/h9-12,14-23,36,44,46-52,70,84H,6-8,13,24-35H2,1-5H3,(H2,69,95)(H,71,86)(H,72,97)(H,73,85)(H,74,98)(H,75,103)(H,76,99)(H,77,101)(H,78,102)(H,79,100)(H,80,96)(H,87,88)(H,89,90)(H,91,92)(H,93,94)(H,105,106,107);/q;+1/p-1/t36-,44-,46-,47-,48-,49-,50-,51-,52-;/m0./s1. The zero-order valence-electron chi connectivity index (χ0n) is 60.7. The first-order chi connectivity index (χ1) is 51.4. The summed E-state index contributed by atoms with van der Waals surface area (Å²) in [5.74, 6) is -19.0. The van der Waals surface area contributed by atoms with Crippen LogP contribution in [0, 0.1) is 5.41 Å². The smallest absolute Gasteiger partial charge is 0.862 e. The number of azo groups is 1. The van der Waals surface area contributed by atoms with Crippen LogP contribution >= 0.6 is 0 Å². The summed E-state index contributed by atoms with van der Waals surface area (Å²) in [6.45, 7) is 2.01. The molecule has 18 N–H and O–H groups in total. The Hall–Kier alpha value is -11.3. The first kappa shape index (κ1) is 92.9. The summed E-state index contributed by atoms with van der Waals surface area (Å²) in [6.07, 6.45) is -8.45. The second-order valence-electron chi connectivity index (χ2n) is 24.1. The van der Waals surface area contributed by atoms with E-state index >= 15 is 0 Å². The number of aliphatic hydroxyl groups is 10. The largest absolute Gasteiger partial charge is 1.00 e. The number of fused-ring (bicyclic) bond motifs is 1. The number of amides is 1. The van der Waals surface area contributed by atoms with Crippen LogP contribution in [-0.2, 0) is 38.8 Å². The van der Waals surface area contributed by atoms with Crippen LogP contribution in [0.2, 0.25) is 0 Å². The molecule has 4 aromatic rings. The van der Waals surface area contributed by atoms with Crippen molar-refractivity contribution in [3.05, 3.63) is 90.5 Å². The Morgan fingerprint density at radius 1 is 0.545 bits per heavy atom. The molecule has 110 heavy (non-hydrogen) atoms. The maximum absolute atomic E-state index is 13.6. The number of hydrogen-bond donors (Lipinski definition) is 18. The number of carboxylic acid groups (broad SMARTS) is 4. The summed E-state index contributed by atoms with van der Waals surface area (Å²) in [5.41, 5.74) is 2.79. The van der Waals surface area contributed by atoms with Gasteiger partial charge in [-0.15, -0.1) is 0 Å². The molecule has 0 radical (unpaired) electrons. The van der Waals surface area contributed by atoms with Crippen molar-refractivity contribution in [2.24, 2.45) is 55.2 Å². The second-order valence-corrected chi connectivity index (χ2v) is 25.5. The Kier molecular flexibility index (Phi) is 39.0. The van der Waals surface area contributed by atoms with Crippen molar-refractivity contribution in [2.75, 3.05) is 50.6 Å². The Bertz CT molecular complexity index is 4260. The first-order valence-electron chi connectivity index (χ1n) is 33.5. The van der Waals surface area contributed by atoms with Crippen LogP contribution in [0.25, 0.3) is 10.8 Å². The Balaban J connectivity index is 0.0000314. The molecule has 42 heteroatoms. The second kappa shape index (κ2) is 46.2. The fourth-order valence-corrected chi connectivity index (χ4v) is 10.5. The zero-order valence-corrected chi connectivity index (χ0v) is 63.5. The quantitative estimate of drug-likeness (QED) is 0.00574. The maximum Gasteiger partial charge on any atom is 1.00 e. The van der Waals surface area contributed by atoms with Crippen molar-refractivity contribution in [3.63, 3.8) is 0 Å². The van der Waals surface area contributed by atoms with E-state index in [4.69, 9.17) is 10.1 Å². The summed E-state index contributed by atoms with van der Waals surface area (Å²) in [5, 5.41) is 183. The van der Waals surface area contributed by atoms with Crippen molar-refractivity contribution in [1.82, 2.24) is 5.32 Å². The van der Waals surface area contributed by atoms with E-state index in [1.54, 1.807) is 30.3 Å². The van der Waals surface area contributed by atoms with Gasteiger partial charge in [0.2, 0.25) is 47.2 Å².